The number of aryl methyl sites for hydroxylation is 2. The number of nitrogens with zero attached hydrogens (tertiary/aromatic N) is 5. The van der Waals surface area contributed by atoms with Crippen LogP contribution >= 0.6 is 12.4 Å². The van der Waals surface area contributed by atoms with E-state index in [1.165, 1.54) is 0 Å². The van der Waals surface area contributed by atoms with Crippen molar-refractivity contribution < 1.29 is 9.53 Å². The first-order chi connectivity index (χ1) is 11.7. The molecule has 0 aromatic carbocycles. The van der Waals surface area contributed by atoms with Gasteiger partial charge in [0.1, 0.15) is 6.54 Å². The molecule has 4 N–H and O–H groups in total. The summed E-state index contributed by atoms with van der Waals surface area (Å²) in [5.74, 6) is 0.323. The van der Waals surface area contributed by atoms with Crippen LogP contribution in [0, 0.1) is 0 Å². The molecule has 138 valence electrons. The fourth-order valence-electron chi connectivity index (χ4n) is 2.53. The number of aromatic amines is 1. The summed E-state index contributed by atoms with van der Waals surface area (Å²) in [5.41, 5.74) is 10.3. The fraction of sp³-hybridized carbons (Fsp3) is 0.571. The molecule has 25 heavy (non-hydrogen) atoms. The Morgan fingerprint density at radius 3 is 2.88 bits per heavy atom. The van der Waals surface area contributed by atoms with E-state index in [9.17, 15) is 4.79 Å². The highest BCUT2D eigenvalue weighted by molar-refractivity contribution is 5.85. The first-order valence-electron chi connectivity index (χ1n) is 7.99. The lowest BCUT2D eigenvalue weighted by Gasteiger charge is -2.26. The molecule has 1 aliphatic heterocycles. The number of nitrogen functional groups attached to an aromatic ring is 1. The zero-order valence-electron chi connectivity index (χ0n) is 13.8. The van der Waals surface area contributed by atoms with Crippen molar-refractivity contribution in [3.05, 3.63) is 23.8 Å². The third-order valence-corrected chi connectivity index (χ3v) is 3.71. The highest BCUT2D eigenvalue weighted by Gasteiger charge is 2.13. The second kappa shape index (κ2) is 9.35. The number of aromatic nitrogens is 5. The van der Waals surface area contributed by atoms with Gasteiger partial charge in [0, 0.05) is 25.0 Å². The van der Waals surface area contributed by atoms with Crippen LogP contribution in [-0.4, -0.2) is 62.2 Å². The quantitative estimate of drug-likeness (QED) is 0.602. The summed E-state index contributed by atoms with van der Waals surface area (Å²) in [6, 6.07) is 0. The summed E-state index contributed by atoms with van der Waals surface area (Å²) in [6.07, 6.45) is 6.07. The molecule has 11 heteroatoms. The van der Waals surface area contributed by atoms with Gasteiger partial charge in [-0.2, -0.15) is 0 Å². The van der Waals surface area contributed by atoms with Crippen LogP contribution in [0.2, 0.25) is 0 Å². The van der Waals surface area contributed by atoms with E-state index < -0.39 is 0 Å². The molecular weight excluding hydrogens is 348 g/mol. The van der Waals surface area contributed by atoms with Crippen molar-refractivity contribution in [2.75, 3.05) is 32.0 Å². The third-order valence-electron chi connectivity index (χ3n) is 3.71. The van der Waals surface area contributed by atoms with Crippen molar-refractivity contribution in [2.24, 2.45) is 0 Å². The van der Waals surface area contributed by atoms with Crippen LogP contribution in [-0.2, 0) is 28.9 Å². The molecule has 0 unspecified atom stereocenters. The lowest BCUT2D eigenvalue weighted by Crippen LogP contribution is -2.49. The van der Waals surface area contributed by atoms with Crippen molar-refractivity contribution >= 4 is 24.3 Å². The number of rotatable bonds is 7. The molecule has 10 nitrogen and oxygen atoms in total. The van der Waals surface area contributed by atoms with E-state index in [2.05, 4.69) is 25.7 Å². The maximum Gasteiger partial charge on any atom is 0.256 e. The number of morpholine rings is 1. The van der Waals surface area contributed by atoms with Crippen LogP contribution in [0.3, 0.4) is 0 Å². The molecule has 0 radical (unpaired) electrons. The Bertz CT molecular complexity index is 667. The minimum atomic E-state index is -0.110. The van der Waals surface area contributed by atoms with Crippen LogP contribution < -0.4 is 11.2 Å². The number of hydrazine groups is 1. The van der Waals surface area contributed by atoms with Crippen molar-refractivity contribution in [2.45, 2.75) is 25.8 Å². The minimum Gasteiger partial charge on any atom is -0.379 e. The van der Waals surface area contributed by atoms with Crippen molar-refractivity contribution in [1.29, 1.82) is 0 Å². The summed E-state index contributed by atoms with van der Waals surface area (Å²) in [4.78, 5) is 18.9. The number of ether oxygens (including phenoxy) is 1. The molecule has 1 amide bonds. The molecule has 0 atom stereocenters. The summed E-state index contributed by atoms with van der Waals surface area (Å²) >= 11 is 0. The predicted molar refractivity (Wildman–Crippen MR) is 92.8 cm³/mol. The number of carbonyl (C=O) groups excluding carboxylic acids is 1. The van der Waals surface area contributed by atoms with Crippen LogP contribution in [0.5, 0.6) is 0 Å². The Hall–Kier alpha value is -2.17. The molecule has 1 aliphatic rings. The molecule has 2 aromatic heterocycles. The highest BCUT2D eigenvalue weighted by atomic mass is 35.5. The minimum absolute atomic E-state index is 0. The SMILES string of the molecule is Cl.Nc1ncc(CCCc2cn(CC(=O)NN3CCOCC3)nn2)[nH]1. The number of amides is 1. The first-order valence-corrected chi connectivity index (χ1v) is 7.99. The number of hydrogen-bond donors (Lipinski definition) is 3. The lowest BCUT2D eigenvalue weighted by molar-refractivity contribution is -0.128. The molecule has 1 fully saturated rings. The molecule has 0 saturated carbocycles. The van der Waals surface area contributed by atoms with Crippen molar-refractivity contribution in [1.82, 2.24) is 35.4 Å². The topological polar surface area (TPSA) is 127 Å². The van der Waals surface area contributed by atoms with E-state index in [1.54, 1.807) is 17.1 Å². The van der Waals surface area contributed by atoms with E-state index in [0.717, 1.165) is 30.7 Å². The van der Waals surface area contributed by atoms with Gasteiger partial charge in [-0.25, -0.2) is 14.7 Å². The molecule has 2 aromatic rings. The van der Waals surface area contributed by atoms with Gasteiger partial charge in [0.15, 0.2) is 5.95 Å². The van der Waals surface area contributed by atoms with E-state index in [-0.39, 0.29) is 24.9 Å². The van der Waals surface area contributed by atoms with Crippen LogP contribution in [0.1, 0.15) is 17.8 Å². The summed E-state index contributed by atoms with van der Waals surface area (Å²) in [6.45, 7) is 2.83. The van der Waals surface area contributed by atoms with Gasteiger partial charge < -0.3 is 15.5 Å². The Morgan fingerprint density at radius 1 is 1.36 bits per heavy atom. The number of nitrogens with one attached hydrogen (secondary N) is 2. The Labute approximate surface area is 151 Å². The Morgan fingerprint density at radius 2 is 2.16 bits per heavy atom. The monoisotopic (exact) mass is 370 g/mol. The summed E-state index contributed by atoms with van der Waals surface area (Å²) in [7, 11) is 0. The zero-order valence-corrected chi connectivity index (χ0v) is 14.7. The number of imidazole rings is 1. The second-order valence-corrected chi connectivity index (χ2v) is 5.69. The van der Waals surface area contributed by atoms with E-state index in [1.807, 2.05) is 5.01 Å². The number of hydrogen-bond acceptors (Lipinski definition) is 7. The first kappa shape index (κ1) is 19.2. The van der Waals surface area contributed by atoms with Crippen molar-refractivity contribution in [3.8, 4) is 0 Å². The van der Waals surface area contributed by atoms with Crippen molar-refractivity contribution in [3.63, 3.8) is 0 Å². The predicted octanol–water partition coefficient (Wildman–Crippen LogP) is -0.456. The number of anilines is 1. The molecule has 0 aliphatic carbocycles. The van der Waals surface area contributed by atoms with Gasteiger partial charge in [-0.05, 0) is 19.3 Å². The van der Waals surface area contributed by atoms with E-state index in [0.29, 0.717) is 32.3 Å². The fourth-order valence-corrected chi connectivity index (χ4v) is 2.53. The van der Waals surface area contributed by atoms with Gasteiger partial charge >= 0.3 is 0 Å². The van der Waals surface area contributed by atoms with Crippen LogP contribution in [0.25, 0.3) is 0 Å². The van der Waals surface area contributed by atoms with Gasteiger partial charge in [0.2, 0.25) is 0 Å². The van der Waals surface area contributed by atoms with E-state index in [4.69, 9.17) is 10.5 Å². The number of carbonyl (C=O) groups is 1. The normalized spacial score (nSPS) is 14.9. The van der Waals surface area contributed by atoms with Crippen LogP contribution in [0.15, 0.2) is 12.4 Å². The number of halogens is 1. The van der Waals surface area contributed by atoms with Gasteiger partial charge in [-0.15, -0.1) is 17.5 Å². The maximum absolute atomic E-state index is 12.0. The largest absolute Gasteiger partial charge is 0.379 e. The average Bonchev–Trinajstić information content (AvgIpc) is 3.17. The zero-order chi connectivity index (χ0) is 16.8. The van der Waals surface area contributed by atoms with Crippen LogP contribution in [0.4, 0.5) is 5.95 Å². The Balaban J connectivity index is 0.00000225. The summed E-state index contributed by atoms with van der Waals surface area (Å²) in [5, 5.41) is 9.96. The lowest BCUT2D eigenvalue weighted by atomic mass is 10.2. The molecule has 0 bridgehead atoms. The third kappa shape index (κ3) is 6.00. The number of nitrogens with two attached hydrogens (primary N) is 1. The number of H-pyrrole nitrogens is 1. The standard InChI is InChI=1S/C14H22N8O2.ClH/c15-14-16-8-11(17-14)2-1-3-12-9-22(20-18-12)10-13(23)19-21-4-6-24-7-5-21;/h8-9H,1-7,10H2,(H,19,23)(H3,15,16,17);1H. The summed E-state index contributed by atoms with van der Waals surface area (Å²) < 4.78 is 6.79. The van der Waals surface area contributed by atoms with E-state index >= 15 is 0 Å². The van der Waals surface area contributed by atoms with Gasteiger partial charge in [-0.1, -0.05) is 5.21 Å². The van der Waals surface area contributed by atoms with Gasteiger partial charge in [0.05, 0.1) is 25.1 Å². The second-order valence-electron chi connectivity index (χ2n) is 5.69. The molecule has 0 spiro atoms. The molecular formula is C14H23ClN8O2. The molecule has 3 rings (SSSR count). The molecule has 1 saturated heterocycles. The highest BCUT2D eigenvalue weighted by Crippen LogP contribution is 2.05. The molecule has 3 heterocycles. The smallest absolute Gasteiger partial charge is 0.256 e. The average molecular weight is 371 g/mol. The van der Waals surface area contributed by atoms with Gasteiger partial charge in [0.25, 0.3) is 5.91 Å². The Kier molecular flexibility index (Phi) is 7.16. The van der Waals surface area contributed by atoms with Gasteiger partial charge in [-0.3, -0.25) is 10.2 Å². The maximum atomic E-state index is 12.0.